The fraction of sp³-hybridized carbons (Fsp3) is 1.00. The highest BCUT2D eigenvalue weighted by molar-refractivity contribution is 5.04. The molecule has 0 radical (unpaired) electrons. The summed E-state index contributed by atoms with van der Waals surface area (Å²) in [6.07, 6.45) is -1.48. The van der Waals surface area contributed by atoms with Gasteiger partial charge in [0.1, 0.15) is 48.8 Å². The van der Waals surface area contributed by atoms with Gasteiger partial charge in [-0.05, 0) is 94.2 Å². The van der Waals surface area contributed by atoms with Gasteiger partial charge in [0.05, 0.1) is 0 Å². The molecule has 14 nitrogen and oxygen atoms in total. The highest BCUT2D eigenvalue weighted by Gasteiger charge is 2.63. The van der Waals surface area contributed by atoms with Gasteiger partial charge in [-0.3, -0.25) is 0 Å². The van der Waals surface area contributed by atoms with Crippen molar-refractivity contribution in [3.8, 4) is 0 Å². The maximum atomic E-state index is 9.94. The molecule has 12 atom stereocenters. The summed E-state index contributed by atoms with van der Waals surface area (Å²) in [5, 5.41) is 27.1. The van der Waals surface area contributed by atoms with Gasteiger partial charge in [-0.15, -0.1) is 0 Å². The minimum Gasteiger partial charge on any atom is -0.396 e. The molecular formula is C32H56N2O12. The number of aliphatic hydroxyl groups excluding tert-OH is 2. The molecule has 6 aliphatic rings. The number of aliphatic hydroxyl groups is 2. The van der Waals surface area contributed by atoms with Crippen LogP contribution in [0.3, 0.4) is 0 Å². The number of hydrogen-bond donors (Lipinski definition) is 4. The van der Waals surface area contributed by atoms with E-state index in [0.29, 0.717) is 25.9 Å². The smallest absolute Gasteiger partial charge is 0.190 e. The summed E-state index contributed by atoms with van der Waals surface area (Å²) in [5.74, 6) is -3.16. The molecule has 266 valence electrons. The lowest BCUT2D eigenvalue weighted by Crippen LogP contribution is -2.61. The van der Waals surface area contributed by atoms with Crippen LogP contribution in [0.15, 0.2) is 0 Å². The summed E-state index contributed by atoms with van der Waals surface area (Å²) in [4.78, 5) is 0. The van der Waals surface area contributed by atoms with Crippen molar-refractivity contribution < 1.29 is 57.6 Å². The molecule has 0 amide bonds. The molecule has 6 aliphatic heterocycles. The largest absolute Gasteiger partial charge is 0.396 e. The first-order valence-electron chi connectivity index (χ1n) is 17.0. The van der Waals surface area contributed by atoms with E-state index in [2.05, 4.69) is 10.6 Å². The lowest BCUT2D eigenvalue weighted by atomic mass is 9.92. The quantitative estimate of drug-likeness (QED) is 0.209. The minimum absolute atomic E-state index is 0.000429. The van der Waals surface area contributed by atoms with Crippen LogP contribution in [-0.2, 0) is 47.4 Å². The van der Waals surface area contributed by atoms with Crippen molar-refractivity contribution in [2.45, 2.75) is 178 Å². The summed E-state index contributed by atoms with van der Waals surface area (Å²) in [6.45, 7) is 16.4. The zero-order chi connectivity index (χ0) is 33.1. The Morgan fingerprint density at radius 3 is 1.17 bits per heavy atom. The molecule has 0 aromatic rings. The zero-order valence-corrected chi connectivity index (χ0v) is 28.6. The van der Waals surface area contributed by atoms with E-state index >= 15 is 0 Å². The van der Waals surface area contributed by atoms with Crippen molar-refractivity contribution in [3.63, 3.8) is 0 Å². The van der Waals surface area contributed by atoms with E-state index in [0.717, 1.165) is 12.8 Å². The number of ether oxygens (including phenoxy) is 10. The van der Waals surface area contributed by atoms with Gasteiger partial charge in [0.2, 0.25) is 0 Å². The Bertz CT molecular complexity index is 965. The van der Waals surface area contributed by atoms with Crippen LogP contribution in [0.5, 0.6) is 0 Å². The Hall–Kier alpha value is -0.560. The van der Waals surface area contributed by atoms with Gasteiger partial charge in [0.15, 0.2) is 35.7 Å². The van der Waals surface area contributed by atoms with E-state index in [1.165, 1.54) is 0 Å². The third-order valence-electron chi connectivity index (χ3n) is 9.47. The van der Waals surface area contributed by atoms with Gasteiger partial charge in [-0.2, -0.15) is 0 Å². The highest BCUT2D eigenvalue weighted by Crippen LogP contribution is 2.46. The molecule has 0 bridgehead atoms. The first-order valence-corrected chi connectivity index (χ1v) is 17.0. The van der Waals surface area contributed by atoms with Crippen molar-refractivity contribution in [3.05, 3.63) is 0 Å². The van der Waals surface area contributed by atoms with Gasteiger partial charge in [0, 0.05) is 25.3 Å². The summed E-state index contributed by atoms with van der Waals surface area (Å²) >= 11 is 0. The number of nitrogens with one attached hydrogen (secondary N) is 2. The van der Waals surface area contributed by atoms with E-state index < -0.39 is 60.1 Å². The number of unbranched alkanes of at least 4 members (excludes halogenated alkanes) is 1. The number of hydrogen-bond acceptors (Lipinski definition) is 14. The van der Waals surface area contributed by atoms with Crippen LogP contribution < -0.4 is 10.6 Å². The third kappa shape index (κ3) is 7.46. The topological polar surface area (TPSA) is 157 Å². The molecule has 2 unspecified atom stereocenters. The SMILES string of the molecule is CC1(C)O[C@H]2[C@@H](O1)[C@@H](C(CCO)NCCCCNC(CCO)[C@H]1O[C@@H]3OC(C)(C)O[C@@H]3[C@H]3OC(C)(C)O[C@H]31)O[C@@H]1OC(C)(C)O[C@@H]12. The molecule has 0 saturated carbocycles. The number of rotatable bonds is 13. The Morgan fingerprint density at radius 1 is 0.478 bits per heavy atom. The first-order chi connectivity index (χ1) is 21.6. The fourth-order valence-corrected chi connectivity index (χ4v) is 7.80. The first kappa shape index (κ1) is 35.3. The van der Waals surface area contributed by atoms with E-state index in [-0.39, 0.29) is 49.7 Å². The molecule has 6 saturated heterocycles. The van der Waals surface area contributed by atoms with Gasteiger partial charge in [-0.1, -0.05) is 0 Å². The molecule has 6 rings (SSSR count). The van der Waals surface area contributed by atoms with Crippen molar-refractivity contribution in [2.24, 2.45) is 0 Å². The molecule has 6 fully saturated rings. The molecule has 0 aliphatic carbocycles. The van der Waals surface area contributed by atoms with Crippen LogP contribution in [0.1, 0.15) is 81.1 Å². The second-order valence-electron chi connectivity index (χ2n) is 15.1. The van der Waals surface area contributed by atoms with Crippen molar-refractivity contribution in [2.75, 3.05) is 26.3 Å². The van der Waals surface area contributed by atoms with Crippen LogP contribution in [0.2, 0.25) is 0 Å². The highest BCUT2D eigenvalue weighted by atomic mass is 16.9. The van der Waals surface area contributed by atoms with Crippen molar-refractivity contribution in [1.29, 1.82) is 0 Å². The van der Waals surface area contributed by atoms with Crippen molar-refractivity contribution in [1.82, 2.24) is 10.6 Å². The van der Waals surface area contributed by atoms with Gasteiger partial charge < -0.3 is 68.2 Å². The molecular weight excluding hydrogens is 604 g/mol. The maximum absolute atomic E-state index is 9.94. The Morgan fingerprint density at radius 2 is 0.804 bits per heavy atom. The third-order valence-corrected chi connectivity index (χ3v) is 9.47. The Balaban J connectivity index is 1.03. The van der Waals surface area contributed by atoms with E-state index in [1.807, 2.05) is 55.4 Å². The summed E-state index contributed by atoms with van der Waals surface area (Å²) in [6, 6.07) is -0.362. The monoisotopic (exact) mass is 660 g/mol. The van der Waals surface area contributed by atoms with E-state index in [9.17, 15) is 10.2 Å². The normalized spacial score (nSPS) is 42.7. The molecule has 0 aromatic carbocycles. The molecule has 4 N–H and O–H groups in total. The predicted molar refractivity (Wildman–Crippen MR) is 161 cm³/mol. The maximum Gasteiger partial charge on any atom is 0.190 e. The minimum atomic E-state index is -0.793. The van der Waals surface area contributed by atoms with Gasteiger partial charge in [-0.25, -0.2) is 0 Å². The van der Waals surface area contributed by atoms with Crippen LogP contribution in [0, 0.1) is 0 Å². The van der Waals surface area contributed by atoms with Crippen LogP contribution in [0.4, 0.5) is 0 Å². The average molecular weight is 661 g/mol. The summed E-state index contributed by atoms with van der Waals surface area (Å²) in [5.41, 5.74) is 0. The van der Waals surface area contributed by atoms with E-state index in [1.54, 1.807) is 0 Å². The molecule has 0 spiro atoms. The average Bonchev–Trinajstić information content (AvgIpc) is 3.65. The van der Waals surface area contributed by atoms with Crippen LogP contribution in [-0.4, -0.2) is 133 Å². The summed E-state index contributed by atoms with van der Waals surface area (Å²) < 4.78 is 62.5. The second-order valence-corrected chi connectivity index (χ2v) is 15.1. The zero-order valence-electron chi connectivity index (χ0n) is 28.6. The second kappa shape index (κ2) is 13.3. The van der Waals surface area contributed by atoms with Gasteiger partial charge in [0.25, 0.3) is 0 Å². The standard InChI is InChI=1S/C32H56N2O12/c1-29(2)39-21-19(37-27-25(23(21)41-29)43-31(5,6)45-27)17(11-15-35)33-13-9-10-14-34-18(12-16-36)20-22-24(42-30(3,4)40-22)26-28(38-20)46-32(7,8)44-26/h17-28,33-36H,9-16H2,1-8H3/t17?,18?,19-,20-,21+,22+,23+,24+,25-,26-,27-,28-/m1/s1. The molecule has 14 heteroatoms. The lowest BCUT2D eigenvalue weighted by Gasteiger charge is -2.41. The Kier molecular flexibility index (Phi) is 10.2. The fourth-order valence-electron chi connectivity index (χ4n) is 7.80. The molecule has 6 heterocycles. The predicted octanol–water partition coefficient (Wildman–Crippen LogP) is 1.24. The lowest BCUT2D eigenvalue weighted by molar-refractivity contribution is -0.240. The van der Waals surface area contributed by atoms with Crippen LogP contribution in [0.25, 0.3) is 0 Å². The van der Waals surface area contributed by atoms with Gasteiger partial charge >= 0.3 is 0 Å². The van der Waals surface area contributed by atoms with Crippen LogP contribution >= 0.6 is 0 Å². The molecule has 46 heavy (non-hydrogen) atoms. The van der Waals surface area contributed by atoms with Crippen molar-refractivity contribution >= 4 is 0 Å². The Labute approximate surface area is 272 Å². The van der Waals surface area contributed by atoms with E-state index in [4.69, 9.17) is 47.4 Å². The summed E-state index contributed by atoms with van der Waals surface area (Å²) in [7, 11) is 0. The number of fused-ring (bicyclic) bond motifs is 6. The molecule has 0 aromatic heterocycles.